The molecule has 3 heterocycles. The molecule has 3 aliphatic heterocycles. The monoisotopic (exact) mass is 530 g/mol. The summed E-state index contributed by atoms with van der Waals surface area (Å²) >= 11 is 0. The number of carbonyl (C=O) groups excluding carboxylic acids is 1. The van der Waals surface area contributed by atoms with Crippen LogP contribution in [0.2, 0.25) is 0 Å². The zero-order chi connectivity index (χ0) is 26.5. The topological polar surface area (TPSA) is 48.1 Å². The van der Waals surface area contributed by atoms with Crippen molar-refractivity contribution < 1.29 is 22.7 Å². The number of halogens is 3. The fourth-order valence-corrected chi connectivity index (χ4v) is 6.02. The predicted molar refractivity (Wildman–Crippen MR) is 141 cm³/mol. The van der Waals surface area contributed by atoms with Gasteiger partial charge in [-0.2, -0.15) is 13.2 Å². The standard InChI is InChI=1S/C29H37F3N4O2/c30-29(31,32)23-9-10-26-22(19-23)20-25(28(37)33-11-14-34-12-5-2-6-13-34)27-21-35(15-16-36(26)27)17-18-38-24-7-3-1-4-8-24/h1,3-4,7-10,19,25,27H,2,5-6,11-18,20-21H2,(H,33,37)/t25-,27+/m1/s1. The minimum Gasteiger partial charge on any atom is -0.492 e. The SMILES string of the molecule is O=C(NCCN1CCCCC1)[C@@H]1Cc2cc(C(F)(F)F)ccc2N2CCN(CCOc3ccccc3)C[C@@H]12. The molecule has 0 aromatic heterocycles. The highest BCUT2D eigenvalue weighted by atomic mass is 19.4. The van der Waals surface area contributed by atoms with Crippen molar-refractivity contribution in [2.45, 2.75) is 37.9 Å². The van der Waals surface area contributed by atoms with Crippen LogP contribution in [-0.4, -0.2) is 80.7 Å². The molecule has 2 atom stereocenters. The third kappa shape index (κ3) is 6.43. The Hall–Kier alpha value is -2.78. The molecule has 0 bridgehead atoms. The summed E-state index contributed by atoms with van der Waals surface area (Å²) in [6, 6.07) is 13.6. The number of nitrogens with zero attached hydrogens (tertiary/aromatic N) is 3. The van der Waals surface area contributed by atoms with Crippen LogP contribution in [0.4, 0.5) is 18.9 Å². The van der Waals surface area contributed by atoms with Crippen molar-refractivity contribution in [3.8, 4) is 5.75 Å². The van der Waals surface area contributed by atoms with Crippen LogP contribution in [0.15, 0.2) is 48.5 Å². The van der Waals surface area contributed by atoms with Crippen LogP contribution in [0.25, 0.3) is 0 Å². The fraction of sp³-hybridized carbons (Fsp3) is 0.552. The molecule has 9 heteroatoms. The first-order valence-corrected chi connectivity index (χ1v) is 13.8. The third-order valence-corrected chi connectivity index (χ3v) is 8.06. The van der Waals surface area contributed by atoms with Crippen molar-refractivity contribution in [3.63, 3.8) is 0 Å². The lowest BCUT2D eigenvalue weighted by Gasteiger charge is -2.49. The molecule has 206 valence electrons. The van der Waals surface area contributed by atoms with Crippen LogP contribution in [0.3, 0.4) is 0 Å². The van der Waals surface area contributed by atoms with E-state index in [4.69, 9.17) is 4.74 Å². The average molecular weight is 531 g/mol. The summed E-state index contributed by atoms with van der Waals surface area (Å²) < 4.78 is 46.3. The Balaban J connectivity index is 1.27. The molecule has 0 unspecified atom stereocenters. The van der Waals surface area contributed by atoms with Gasteiger partial charge in [0.15, 0.2) is 0 Å². The highest BCUT2D eigenvalue weighted by Gasteiger charge is 2.42. The van der Waals surface area contributed by atoms with Crippen LogP contribution < -0.4 is 15.0 Å². The third-order valence-electron chi connectivity index (χ3n) is 8.06. The number of ether oxygens (including phenoxy) is 1. The van der Waals surface area contributed by atoms with Gasteiger partial charge in [0.2, 0.25) is 5.91 Å². The summed E-state index contributed by atoms with van der Waals surface area (Å²) in [5.74, 6) is 0.344. The van der Waals surface area contributed by atoms with Crippen LogP contribution in [0.1, 0.15) is 30.4 Å². The molecule has 0 radical (unpaired) electrons. The van der Waals surface area contributed by atoms with Crippen LogP contribution in [0.5, 0.6) is 5.75 Å². The second-order valence-corrected chi connectivity index (χ2v) is 10.6. The maximum absolute atomic E-state index is 13.5. The smallest absolute Gasteiger partial charge is 0.416 e. The van der Waals surface area contributed by atoms with Crippen molar-refractivity contribution in [2.24, 2.45) is 5.92 Å². The molecule has 2 aromatic rings. The Morgan fingerprint density at radius 2 is 1.74 bits per heavy atom. The Morgan fingerprint density at radius 3 is 2.50 bits per heavy atom. The van der Waals surface area contributed by atoms with Crippen LogP contribution in [-0.2, 0) is 17.4 Å². The normalized spacial score (nSPS) is 22.4. The van der Waals surface area contributed by atoms with Gasteiger partial charge in [0.05, 0.1) is 17.5 Å². The number of piperidine rings is 1. The number of rotatable bonds is 8. The average Bonchev–Trinajstić information content (AvgIpc) is 2.93. The van der Waals surface area contributed by atoms with E-state index in [9.17, 15) is 18.0 Å². The Labute approximate surface area is 222 Å². The molecule has 6 nitrogen and oxygen atoms in total. The van der Waals surface area contributed by atoms with Gasteiger partial charge in [-0.05, 0) is 68.2 Å². The molecule has 3 aliphatic rings. The molecular weight excluding hydrogens is 493 g/mol. The number of hydrogen-bond acceptors (Lipinski definition) is 5. The summed E-state index contributed by atoms with van der Waals surface area (Å²) in [5.41, 5.74) is 0.768. The maximum Gasteiger partial charge on any atom is 0.416 e. The largest absolute Gasteiger partial charge is 0.492 e. The number of hydrogen-bond donors (Lipinski definition) is 1. The molecule has 0 spiro atoms. The molecule has 2 saturated heterocycles. The second-order valence-electron chi connectivity index (χ2n) is 10.6. The number of carbonyl (C=O) groups is 1. The molecule has 1 amide bonds. The van der Waals surface area contributed by atoms with Gasteiger partial charge in [-0.1, -0.05) is 24.6 Å². The van der Waals surface area contributed by atoms with Crippen molar-refractivity contribution in [1.82, 2.24) is 15.1 Å². The number of nitrogens with one attached hydrogen (secondary N) is 1. The molecular formula is C29H37F3N4O2. The summed E-state index contributed by atoms with van der Waals surface area (Å²) in [5, 5.41) is 3.12. The van der Waals surface area contributed by atoms with E-state index in [0.29, 0.717) is 38.2 Å². The Kier molecular flexibility index (Phi) is 8.43. The van der Waals surface area contributed by atoms with Gasteiger partial charge in [0, 0.05) is 45.0 Å². The molecule has 38 heavy (non-hydrogen) atoms. The zero-order valence-electron chi connectivity index (χ0n) is 21.8. The summed E-state index contributed by atoms with van der Waals surface area (Å²) in [4.78, 5) is 20.3. The van der Waals surface area contributed by atoms with Crippen molar-refractivity contribution in [3.05, 3.63) is 59.7 Å². The van der Waals surface area contributed by atoms with Gasteiger partial charge in [-0.3, -0.25) is 9.69 Å². The molecule has 5 rings (SSSR count). The van der Waals surface area contributed by atoms with E-state index in [1.165, 1.54) is 25.3 Å². The van der Waals surface area contributed by atoms with Gasteiger partial charge in [0.1, 0.15) is 12.4 Å². The van der Waals surface area contributed by atoms with E-state index in [1.807, 2.05) is 30.3 Å². The summed E-state index contributed by atoms with van der Waals surface area (Å²) in [7, 11) is 0. The van der Waals surface area contributed by atoms with Gasteiger partial charge in [0.25, 0.3) is 0 Å². The van der Waals surface area contributed by atoms with Crippen molar-refractivity contribution in [2.75, 3.05) is 63.9 Å². The molecule has 2 aromatic carbocycles. The van der Waals surface area contributed by atoms with E-state index in [1.54, 1.807) is 6.07 Å². The lowest BCUT2D eigenvalue weighted by Crippen LogP contribution is -2.61. The Bertz CT molecular complexity index is 1080. The number of amides is 1. The molecule has 0 saturated carbocycles. The van der Waals surface area contributed by atoms with E-state index >= 15 is 0 Å². The van der Waals surface area contributed by atoms with E-state index < -0.39 is 17.7 Å². The van der Waals surface area contributed by atoms with Gasteiger partial charge in [-0.25, -0.2) is 0 Å². The Morgan fingerprint density at radius 1 is 0.947 bits per heavy atom. The number of para-hydroxylation sites is 1. The maximum atomic E-state index is 13.5. The first-order chi connectivity index (χ1) is 18.4. The van der Waals surface area contributed by atoms with Gasteiger partial charge >= 0.3 is 6.18 Å². The lowest BCUT2D eigenvalue weighted by atomic mass is 9.82. The first-order valence-electron chi connectivity index (χ1n) is 13.8. The minimum absolute atomic E-state index is 0.0672. The van der Waals surface area contributed by atoms with E-state index in [2.05, 4.69) is 20.0 Å². The minimum atomic E-state index is -4.41. The summed E-state index contributed by atoms with van der Waals surface area (Å²) in [6.45, 7) is 6.84. The second kappa shape index (κ2) is 11.9. The number of alkyl halides is 3. The fourth-order valence-electron chi connectivity index (χ4n) is 6.02. The molecule has 2 fully saturated rings. The first kappa shape index (κ1) is 26.8. The molecule has 1 N–H and O–H groups in total. The zero-order valence-corrected chi connectivity index (χ0v) is 21.8. The number of piperazine rings is 1. The highest BCUT2D eigenvalue weighted by Crippen LogP contribution is 2.39. The van der Waals surface area contributed by atoms with Gasteiger partial charge < -0.3 is 19.9 Å². The van der Waals surface area contributed by atoms with Crippen LogP contribution in [0, 0.1) is 5.92 Å². The lowest BCUT2D eigenvalue weighted by molar-refractivity contribution is -0.137. The van der Waals surface area contributed by atoms with Crippen LogP contribution >= 0.6 is 0 Å². The van der Waals surface area contributed by atoms with Crippen molar-refractivity contribution in [1.29, 1.82) is 0 Å². The quantitative estimate of drug-likeness (QED) is 0.558. The van der Waals surface area contributed by atoms with Crippen molar-refractivity contribution >= 4 is 11.6 Å². The highest BCUT2D eigenvalue weighted by molar-refractivity contribution is 5.82. The number of likely N-dealkylation sites (tertiary alicyclic amines) is 1. The van der Waals surface area contributed by atoms with E-state index in [0.717, 1.165) is 50.2 Å². The number of benzene rings is 2. The molecule has 0 aliphatic carbocycles. The number of fused-ring (bicyclic) bond motifs is 3. The number of anilines is 1. The summed E-state index contributed by atoms with van der Waals surface area (Å²) in [6.07, 6.45) is -0.458. The predicted octanol–water partition coefficient (Wildman–Crippen LogP) is 4.05. The van der Waals surface area contributed by atoms with Gasteiger partial charge in [-0.15, -0.1) is 0 Å². The van der Waals surface area contributed by atoms with E-state index in [-0.39, 0.29) is 11.9 Å².